The Balaban J connectivity index is 2.38. The summed E-state index contributed by atoms with van der Waals surface area (Å²) in [5.74, 6) is 0. The molecule has 0 aliphatic heterocycles. The fourth-order valence-electron chi connectivity index (χ4n) is 2.12. The van der Waals surface area contributed by atoms with Gasteiger partial charge in [0.05, 0.1) is 5.69 Å². The summed E-state index contributed by atoms with van der Waals surface area (Å²) in [7, 11) is 0. The molecule has 0 fully saturated rings. The molecule has 1 aromatic heterocycles. The second-order valence-electron chi connectivity index (χ2n) is 4.50. The molecule has 3 nitrogen and oxygen atoms in total. The molecule has 0 bridgehead atoms. The molecule has 21 heavy (non-hydrogen) atoms. The molecule has 0 saturated heterocycles. The maximum absolute atomic E-state index is 11.3. The predicted octanol–water partition coefficient (Wildman–Crippen LogP) is 3.85. The number of rotatable bonds is 7. The minimum atomic E-state index is 0.530. The normalized spacial score (nSPS) is 10.6. The number of nitrogens with zero attached hydrogens (tertiary/aromatic N) is 2. The van der Waals surface area contributed by atoms with Crippen LogP contribution in [0.3, 0.4) is 0 Å². The van der Waals surface area contributed by atoms with Crippen LogP contribution in [0.15, 0.2) is 35.5 Å². The maximum atomic E-state index is 11.3. The first-order valence-corrected chi connectivity index (χ1v) is 9.17. The van der Waals surface area contributed by atoms with E-state index >= 15 is 0 Å². The lowest BCUT2D eigenvalue weighted by Gasteiger charge is -2.11. The third-order valence-electron chi connectivity index (χ3n) is 3.09. The molecule has 1 aromatic carbocycles. The SMILES string of the molecule is CCc1c(C=O)nc(SCSC)nc1Cc1ccccc1. The van der Waals surface area contributed by atoms with Crippen molar-refractivity contribution >= 4 is 29.8 Å². The van der Waals surface area contributed by atoms with Crippen LogP contribution in [0, 0.1) is 0 Å². The van der Waals surface area contributed by atoms with Crippen molar-refractivity contribution in [2.24, 2.45) is 0 Å². The average Bonchev–Trinajstić information content (AvgIpc) is 2.53. The van der Waals surface area contributed by atoms with Crippen molar-refractivity contribution in [3.8, 4) is 0 Å². The van der Waals surface area contributed by atoms with Gasteiger partial charge in [-0.2, -0.15) is 11.8 Å². The van der Waals surface area contributed by atoms with Gasteiger partial charge in [0.2, 0.25) is 0 Å². The Bertz CT molecular complexity index is 603. The molecule has 5 heteroatoms. The molecule has 2 aromatic rings. The minimum Gasteiger partial charge on any atom is -0.296 e. The Kier molecular flexibility index (Phi) is 6.26. The number of benzene rings is 1. The summed E-state index contributed by atoms with van der Waals surface area (Å²) in [6.45, 7) is 2.04. The van der Waals surface area contributed by atoms with Crippen molar-refractivity contribution in [1.29, 1.82) is 0 Å². The van der Waals surface area contributed by atoms with E-state index < -0.39 is 0 Å². The summed E-state index contributed by atoms with van der Waals surface area (Å²) in [5.41, 5.74) is 3.65. The van der Waals surface area contributed by atoms with Crippen LogP contribution in [0.5, 0.6) is 0 Å². The second kappa shape index (κ2) is 8.20. The highest BCUT2D eigenvalue weighted by atomic mass is 32.2. The van der Waals surface area contributed by atoms with E-state index in [1.807, 2.05) is 31.4 Å². The standard InChI is InChI=1S/C16H18N2OS2/c1-3-13-14(9-12-7-5-4-6-8-12)17-16(21-11-20-2)18-15(13)10-19/h4-8,10H,3,9,11H2,1-2H3. The molecule has 0 N–H and O–H groups in total. The molecule has 1 heterocycles. The first kappa shape index (κ1) is 16.0. The van der Waals surface area contributed by atoms with E-state index in [1.165, 1.54) is 5.56 Å². The van der Waals surface area contributed by atoms with Gasteiger partial charge in [0.1, 0.15) is 5.69 Å². The molecule has 0 atom stereocenters. The largest absolute Gasteiger partial charge is 0.296 e. The highest BCUT2D eigenvalue weighted by molar-refractivity contribution is 8.15. The van der Waals surface area contributed by atoms with E-state index in [0.29, 0.717) is 10.9 Å². The molecule has 0 saturated carbocycles. The predicted molar refractivity (Wildman–Crippen MR) is 90.3 cm³/mol. The van der Waals surface area contributed by atoms with E-state index in [2.05, 4.69) is 22.1 Å². The highest BCUT2D eigenvalue weighted by Gasteiger charge is 2.13. The summed E-state index contributed by atoms with van der Waals surface area (Å²) in [5, 5.41) is 1.57. The van der Waals surface area contributed by atoms with Crippen molar-refractivity contribution in [2.45, 2.75) is 24.9 Å². The van der Waals surface area contributed by atoms with Crippen molar-refractivity contribution in [2.75, 3.05) is 11.3 Å². The van der Waals surface area contributed by atoms with Gasteiger partial charge < -0.3 is 0 Å². The zero-order chi connectivity index (χ0) is 15.1. The summed E-state index contributed by atoms with van der Waals surface area (Å²) >= 11 is 3.30. The Morgan fingerprint density at radius 3 is 2.57 bits per heavy atom. The van der Waals surface area contributed by atoms with Crippen LogP contribution in [0.2, 0.25) is 0 Å². The number of carbonyl (C=O) groups is 1. The maximum Gasteiger partial charge on any atom is 0.189 e. The minimum absolute atomic E-state index is 0.530. The van der Waals surface area contributed by atoms with E-state index in [9.17, 15) is 4.79 Å². The summed E-state index contributed by atoms with van der Waals surface area (Å²) in [6.07, 6.45) is 4.39. The number of aromatic nitrogens is 2. The lowest BCUT2D eigenvalue weighted by atomic mass is 10.0. The van der Waals surface area contributed by atoms with Crippen LogP contribution in [0.4, 0.5) is 0 Å². The molecular weight excluding hydrogens is 300 g/mol. The number of hydrogen-bond acceptors (Lipinski definition) is 5. The van der Waals surface area contributed by atoms with Gasteiger partial charge in [-0.1, -0.05) is 49.0 Å². The van der Waals surface area contributed by atoms with E-state index in [0.717, 1.165) is 35.5 Å². The summed E-state index contributed by atoms with van der Waals surface area (Å²) in [4.78, 5) is 20.3. The monoisotopic (exact) mass is 318 g/mol. The Hall–Kier alpha value is -1.33. The lowest BCUT2D eigenvalue weighted by molar-refractivity contribution is 0.111. The Morgan fingerprint density at radius 1 is 1.19 bits per heavy atom. The van der Waals surface area contributed by atoms with E-state index in [4.69, 9.17) is 0 Å². The van der Waals surface area contributed by atoms with Crippen LogP contribution in [-0.2, 0) is 12.8 Å². The van der Waals surface area contributed by atoms with Gasteiger partial charge in [-0.15, -0.1) is 0 Å². The van der Waals surface area contributed by atoms with Gasteiger partial charge in [-0.25, -0.2) is 9.97 Å². The first-order chi connectivity index (χ1) is 10.3. The molecule has 0 aliphatic carbocycles. The van der Waals surface area contributed by atoms with Crippen LogP contribution in [0.25, 0.3) is 0 Å². The number of hydrogen-bond donors (Lipinski definition) is 0. The van der Waals surface area contributed by atoms with Crippen molar-refractivity contribution in [3.63, 3.8) is 0 Å². The summed E-state index contributed by atoms with van der Waals surface area (Å²) < 4.78 is 0. The van der Waals surface area contributed by atoms with E-state index in [1.54, 1.807) is 23.5 Å². The van der Waals surface area contributed by atoms with Gasteiger partial charge in [0.15, 0.2) is 11.4 Å². The van der Waals surface area contributed by atoms with Gasteiger partial charge in [-0.3, -0.25) is 4.79 Å². The smallest absolute Gasteiger partial charge is 0.189 e. The van der Waals surface area contributed by atoms with Crippen molar-refractivity contribution in [1.82, 2.24) is 9.97 Å². The quantitative estimate of drug-likeness (QED) is 0.336. The van der Waals surface area contributed by atoms with Gasteiger partial charge in [0.25, 0.3) is 0 Å². The Morgan fingerprint density at radius 2 is 1.95 bits per heavy atom. The number of carbonyl (C=O) groups excluding carboxylic acids is 1. The van der Waals surface area contributed by atoms with Crippen molar-refractivity contribution in [3.05, 3.63) is 52.8 Å². The highest BCUT2D eigenvalue weighted by Crippen LogP contribution is 2.22. The van der Waals surface area contributed by atoms with Gasteiger partial charge in [-0.05, 0) is 18.2 Å². The zero-order valence-electron chi connectivity index (χ0n) is 12.2. The molecule has 110 valence electrons. The molecule has 0 amide bonds. The third kappa shape index (κ3) is 4.32. The molecular formula is C16H18N2OS2. The fraction of sp³-hybridized carbons (Fsp3) is 0.312. The van der Waals surface area contributed by atoms with E-state index in [-0.39, 0.29) is 0 Å². The van der Waals surface area contributed by atoms with Gasteiger partial charge in [0, 0.05) is 17.1 Å². The van der Waals surface area contributed by atoms with Gasteiger partial charge >= 0.3 is 0 Å². The van der Waals surface area contributed by atoms with Crippen LogP contribution < -0.4 is 0 Å². The molecule has 0 aliphatic rings. The third-order valence-corrected chi connectivity index (χ3v) is 4.94. The van der Waals surface area contributed by atoms with Crippen LogP contribution >= 0.6 is 23.5 Å². The van der Waals surface area contributed by atoms with Crippen LogP contribution in [-0.4, -0.2) is 27.6 Å². The summed E-state index contributed by atoms with van der Waals surface area (Å²) in [6, 6.07) is 10.2. The topological polar surface area (TPSA) is 42.9 Å². The fourth-order valence-corrected chi connectivity index (χ4v) is 3.35. The average molecular weight is 318 g/mol. The molecule has 0 radical (unpaired) electrons. The first-order valence-electron chi connectivity index (χ1n) is 6.79. The number of thioether (sulfide) groups is 2. The second-order valence-corrected chi connectivity index (χ2v) is 6.68. The molecule has 0 spiro atoms. The lowest BCUT2D eigenvalue weighted by Crippen LogP contribution is -2.07. The van der Waals surface area contributed by atoms with Crippen LogP contribution in [0.1, 0.15) is 34.2 Å². The Labute approximate surface area is 134 Å². The van der Waals surface area contributed by atoms with Crippen molar-refractivity contribution < 1.29 is 4.79 Å². The molecule has 0 unspecified atom stereocenters. The zero-order valence-corrected chi connectivity index (χ0v) is 13.8. The molecule has 2 rings (SSSR count). The number of aldehydes is 1.